The first-order chi connectivity index (χ1) is 16.9. The van der Waals surface area contributed by atoms with Gasteiger partial charge in [0.05, 0.1) is 23.9 Å². The highest BCUT2D eigenvalue weighted by molar-refractivity contribution is 6.06. The number of hydrogen-bond donors (Lipinski definition) is 2. The van der Waals surface area contributed by atoms with Crippen molar-refractivity contribution in [2.75, 3.05) is 13.7 Å². The molecule has 1 atom stereocenters. The Morgan fingerprint density at radius 2 is 1.71 bits per heavy atom. The molecule has 0 saturated carbocycles. The molecule has 0 radical (unpaired) electrons. The van der Waals surface area contributed by atoms with Crippen molar-refractivity contribution in [3.8, 4) is 17.0 Å². The number of methoxy groups -OCH3 is 1. The summed E-state index contributed by atoms with van der Waals surface area (Å²) in [6.45, 7) is 3.50. The van der Waals surface area contributed by atoms with Crippen LogP contribution in [0.1, 0.15) is 24.2 Å². The van der Waals surface area contributed by atoms with Crippen molar-refractivity contribution < 1.29 is 23.9 Å². The number of esters is 1. The third kappa shape index (κ3) is 5.22. The standard InChI is InChI=1S/C27H25N3O5/c1-4-28-27(33)30-25(31)16(2)35-26(32)22-15-24(29-23-8-6-5-7-21(22)23)19-10-9-18-14-20(34-3)12-11-17(18)13-19/h5-16H,4H2,1-3H3,(H2,28,30,31,33). The highest BCUT2D eigenvalue weighted by Crippen LogP contribution is 2.29. The highest BCUT2D eigenvalue weighted by Gasteiger charge is 2.23. The molecule has 3 amide bonds. The fraction of sp³-hybridized carbons (Fsp3) is 0.185. The van der Waals surface area contributed by atoms with E-state index in [-0.39, 0.29) is 5.56 Å². The van der Waals surface area contributed by atoms with E-state index in [9.17, 15) is 14.4 Å². The summed E-state index contributed by atoms with van der Waals surface area (Å²) in [6.07, 6.45) is -1.17. The zero-order valence-corrected chi connectivity index (χ0v) is 19.6. The number of nitrogens with one attached hydrogen (secondary N) is 2. The molecule has 4 rings (SSSR count). The fourth-order valence-electron chi connectivity index (χ4n) is 3.70. The molecule has 0 aliphatic carbocycles. The number of carbonyl (C=O) groups is 3. The molecule has 4 aromatic rings. The molecule has 8 nitrogen and oxygen atoms in total. The number of benzene rings is 3. The van der Waals surface area contributed by atoms with Crippen molar-refractivity contribution in [2.45, 2.75) is 20.0 Å². The zero-order valence-electron chi connectivity index (χ0n) is 19.6. The van der Waals surface area contributed by atoms with Crippen LogP contribution in [0.25, 0.3) is 32.9 Å². The Bertz CT molecular complexity index is 1430. The van der Waals surface area contributed by atoms with Crippen LogP contribution in [0.4, 0.5) is 4.79 Å². The number of nitrogens with zero attached hydrogens (tertiary/aromatic N) is 1. The van der Waals surface area contributed by atoms with E-state index in [2.05, 4.69) is 10.6 Å². The van der Waals surface area contributed by atoms with Gasteiger partial charge in [-0.15, -0.1) is 0 Å². The van der Waals surface area contributed by atoms with Gasteiger partial charge in [-0.1, -0.05) is 36.4 Å². The number of rotatable bonds is 6. The number of ether oxygens (including phenoxy) is 2. The Hall–Kier alpha value is -4.46. The minimum absolute atomic E-state index is 0.276. The lowest BCUT2D eigenvalue weighted by Crippen LogP contribution is -2.44. The predicted octanol–water partition coefficient (Wildman–Crippen LogP) is 4.45. The Balaban J connectivity index is 1.67. The maximum Gasteiger partial charge on any atom is 0.339 e. The van der Waals surface area contributed by atoms with Crippen LogP contribution >= 0.6 is 0 Å². The second-order valence-corrected chi connectivity index (χ2v) is 7.90. The van der Waals surface area contributed by atoms with Crippen LogP contribution in [0.2, 0.25) is 0 Å². The maximum absolute atomic E-state index is 13.1. The number of fused-ring (bicyclic) bond motifs is 2. The Morgan fingerprint density at radius 1 is 0.971 bits per heavy atom. The second-order valence-electron chi connectivity index (χ2n) is 7.90. The Labute approximate surface area is 202 Å². The van der Waals surface area contributed by atoms with Crippen LogP contribution in [0.3, 0.4) is 0 Å². The smallest absolute Gasteiger partial charge is 0.339 e. The van der Waals surface area contributed by atoms with Gasteiger partial charge in [0.15, 0.2) is 6.10 Å². The Kier molecular flexibility index (Phi) is 6.91. The van der Waals surface area contributed by atoms with Gasteiger partial charge in [0.1, 0.15) is 5.75 Å². The van der Waals surface area contributed by atoms with Gasteiger partial charge in [0.2, 0.25) is 0 Å². The van der Waals surface area contributed by atoms with E-state index in [0.717, 1.165) is 22.1 Å². The number of aromatic nitrogens is 1. The maximum atomic E-state index is 13.1. The largest absolute Gasteiger partial charge is 0.497 e. The second kappa shape index (κ2) is 10.2. The molecule has 1 unspecified atom stereocenters. The topological polar surface area (TPSA) is 107 Å². The van der Waals surface area contributed by atoms with Gasteiger partial charge in [-0.3, -0.25) is 10.1 Å². The summed E-state index contributed by atoms with van der Waals surface area (Å²) in [5.41, 5.74) is 2.31. The quantitative estimate of drug-likeness (QED) is 0.402. The van der Waals surface area contributed by atoms with Crippen LogP contribution in [0, 0.1) is 0 Å². The molecular weight excluding hydrogens is 446 g/mol. The number of para-hydroxylation sites is 1. The summed E-state index contributed by atoms with van der Waals surface area (Å²) in [6, 6.07) is 19.9. The summed E-state index contributed by atoms with van der Waals surface area (Å²) in [5, 5.41) is 7.22. The first-order valence-electron chi connectivity index (χ1n) is 11.2. The monoisotopic (exact) mass is 471 g/mol. The first-order valence-corrected chi connectivity index (χ1v) is 11.2. The molecule has 2 N–H and O–H groups in total. The average Bonchev–Trinajstić information content (AvgIpc) is 2.87. The van der Waals surface area contributed by atoms with Crippen LogP contribution in [0.5, 0.6) is 5.75 Å². The molecule has 178 valence electrons. The van der Waals surface area contributed by atoms with Gasteiger partial charge in [-0.05, 0) is 55.0 Å². The first kappa shape index (κ1) is 23.7. The molecule has 35 heavy (non-hydrogen) atoms. The van der Waals surface area contributed by atoms with Crippen molar-refractivity contribution in [2.24, 2.45) is 0 Å². The molecule has 0 fully saturated rings. The molecule has 0 spiro atoms. The number of carbonyl (C=O) groups excluding carboxylic acids is 3. The molecule has 1 heterocycles. The third-order valence-electron chi connectivity index (χ3n) is 5.51. The summed E-state index contributed by atoms with van der Waals surface area (Å²) < 4.78 is 10.7. The average molecular weight is 472 g/mol. The lowest BCUT2D eigenvalue weighted by molar-refractivity contribution is -0.127. The van der Waals surface area contributed by atoms with Crippen LogP contribution in [0.15, 0.2) is 66.7 Å². The summed E-state index contributed by atoms with van der Waals surface area (Å²) in [5.74, 6) is -0.633. The molecule has 0 aliphatic rings. The van der Waals surface area contributed by atoms with Crippen molar-refractivity contribution in [1.29, 1.82) is 0 Å². The van der Waals surface area contributed by atoms with Gasteiger partial charge in [0, 0.05) is 17.5 Å². The number of pyridine rings is 1. The summed E-state index contributed by atoms with van der Waals surface area (Å²) in [4.78, 5) is 41.7. The minimum atomic E-state index is -1.17. The molecular formula is C27H25N3O5. The van der Waals surface area contributed by atoms with Gasteiger partial charge in [-0.25, -0.2) is 14.6 Å². The van der Waals surface area contributed by atoms with Crippen LogP contribution in [-0.4, -0.2) is 42.7 Å². The molecule has 0 aliphatic heterocycles. The number of imide groups is 1. The van der Waals surface area contributed by atoms with Crippen molar-refractivity contribution in [3.63, 3.8) is 0 Å². The fourth-order valence-corrected chi connectivity index (χ4v) is 3.70. The number of amides is 3. The van der Waals surface area contributed by atoms with Gasteiger partial charge in [-0.2, -0.15) is 0 Å². The zero-order chi connectivity index (χ0) is 24.9. The summed E-state index contributed by atoms with van der Waals surface area (Å²) >= 11 is 0. The third-order valence-corrected chi connectivity index (χ3v) is 5.51. The normalized spacial score (nSPS) is 11.6. The lowest BCUT2D eigenvalue weighted by Gasteiger charge is -2.15. The minimum Gasteiger partial charge on any atom is -0.497 e. The van der Waals surface area contributed by atoms with Crippen molar-refractivity contribution in [1.82, 2.24) is 15.6 Å². The van der Waals surface area contributed by atoms with E-state index < -0.39 is 24.0 Å². The highest BCUT2D eigenvalue weighted by atomic mass is 16.5. The van der Waals surface area contributed by atoms with E-state index in [1.165, 1.54) is 6.92 Å². The molecule has 0 bridgehead atoms. The number of urea groups is 1. The van der Waals surface area contributed by atoms with E-state index in [1.807, 2.05) is 48.5 Å². The SMILES string of the molecule is CCNC(=O)NC(=O)C(C)OC(=O)c1cc(-c2ccc3cc(OC)ccc3c2)nc2ccccc12. The summed E-state index contributed by atoms with van der Waals surface area (Å²) in [7, 11) is 1.62. The number of hydrogen-bond acceptors (Lipinski definition) is 6. The molecule has 3 aromatic carbocycles. The van der Waals surface area contributed by atoms with Gasteiger partial charge in [0.25, 0.3) is 5.91 Å². The molecule has 1 aromatic heterocycles. The molecule has 0 saturated heterocycles. The predicted molar refractivity (Wildman–Crippen MR) is 133 cm³/mol. The van der Waals surface area contributed by atoms with Gasteiger partial charge >= 0.3 is 12.0 Å². The lowest BCUT2D eigenvalue weighted by atomic mass is 10.0. The van der Waals surface area contributed by atoms with Crippen molar-refractivity contribution >= 4 is 39.6 Å². The van der Waals surface area contributed by atoms with Crippen molar-refractivity contribution in [3.05, 3.63) is 72.3 Å². The molecule has 8 heteroatoms. The Morgan fingerprint density at radius 3 is 2.49 bits per heavy atom. The van der Waals surface area contributed by atoms with E-state index in [0.29, 0.717) is 23.1 Å². The van der Waals surface area contributed by atoms with E-state index >= 15 is 0 Å². The van der Waals surface area contributed by atoms with E-state index in [4.69, 9.17) is 14.5 Å². The van der Waals surface area contributed by atoms with Crippen LogP contribution < -0.4 is 15.4 Å². The van der Waals surface area contributed by atoms with Gasteiger partial charge < -0.3 is 14.8 Å². The van der Waals surface area contributed by atoms with E-state index in [1.54, 1.807) is 32.2 Å². The van der Waals surface area contributed by atoms with Crippen LogP contribution in [-0.2, 0) is 9.53 Å².